The van der Waals surface area contributed by atoms with Gasteiger partial charge in [0.1, 0.15) is 5.92 Å². The van der Waals surface area contributed by atoms with Crippen molar-refractivity contribution in [1.29, 1.82) is 0 Å². The predicted molar refractivity (Wildman–Crippen MR) is 178 cm³/mol. The van der Waals surface area contributed by atoms with Crippen molar-refractivity contribution in [3.05, 3.63) is 113 Å². The number of fused-ring (bicyclic) bond motifs is 1. The van der Waals surface area contributed by atoms with Crippen molar-refractivity contribution < 1.29 is 22.7 Å². The molecule has 1 unspecified atom stereocenters. The number of benzene rings is 2. The first-order valence-electron chi connectivity index (χ1n) is 15.4. The number of hydrogen-bond donors (Lipinski definition) is 1. The first-order chi connectivity index (χ1) is 21.8. The summed E-state index contributed by atoms with van der Waals surface area (Å²) < 4.78 is 44.5. The fraction of sp³-hybridized carbons (Fsp3) is 0.324. The van der Waals surface area contributed by atoms with E-state index in [-0.39, 0.29) is 17.3 Å². The van der Waals surface area contributed by atoms with Crippen LogP contribution in [-0.4, -0.2) is 32.3 Å². The molecule has 3 aromatic heterocycles. The number of carbonyl (C=O) groups is 1. The Morgan fingerprint density at radius 3 is 2.33 bits per heavy atom. The number of halogens is 3. The molecule has 3 heterocycles. The van der Waals surface area contributed by atoms with E-state index in [0.29, 0.717) is 17.7 Å². The number of alkyl halides is 3. The number of aryl methyl sites for hydroxylation is 3. The minimum atomic E-state index is -4.44. The fourth-order valence-electron chi connectivity index (χ4n) is 5.55. The van der Waals surface area contributed by atoms with Crippen molar-refractivity contribution in [3.8, 4) is 11.3 Å². The summed E-state index contributed by atoms with van der Waals surface area (Å²) in [5, 5.41) is 1.12. The largest absolute Gasteiger partial charge is 0.465 e. The van der Waals surface area contributed by atoms with Gasteiger partial charge in [-0.2, -0.15) is 13.2 Å². The van der Waals surface area contributed by atoms with Gasteiger partial charge in [0.25, 0.3) is 0 Å². The lowest BCUT2D eigenvalue weighted by molar-refractivity contribution is -0.145. The van der Waals surface area contributed by atoms with Crippen LogP contribution in [-0.2, 0) is 35.0 Å². The Bertz CT molecular complexity index is 1790. The lowest BCUT2D eigenvalue weighted by Crippen LogP contribution is -2.20. The van der Waals surface area contributed by atoms with Crippen LogP contribution in [0, 0.1) is 6.92 Å². The third kappa shape index (κ3) is 7.81. The second-order valence-corrected chi connectivity index (χ2v) is 14.1. The number of H-pyrrole nitrogens is 1. The number of ether oxygens (including phenoxy) is 1. The van der Waals surface area contributed by atoms with Crippen LogP contribution >= 0.6 is 11.8 Å². The highest BCUT2D eigenvalue weighted by Crippen LogP contribution is 2.44. The number of aromatic amines is 1. The zero-order chi connectivity index (χ0) is 33.1. The van der Waals surface area contributed by atoms with Crippen molar-refractivity contribution in [2.24, 2.45) is 0 Å². The Morgan fingerprint density at radius 1 is 0.957 bits per heavy atom. The Labute approximate surface area is 272 Å². The number of esters is 1. The summed E-state index contributed by atoms with van der Waals surface area (Å²) in [4.78, 5) is 26.7. The molecule has 0 saturated heterocycles. The van der Waals surface area contributed by atoms with Crippen LogP contribution in [0.15, 0.2) is 84.0 Å². The Kier molecular flexibility index (Phi) is 9.91. The minimum Gasteiger partial charge on any atom is -0.465 e. The van der Waals surface area contributed by atoms with Gasteiger partial charge in [0.2, 0.25) is 0 Å². The Morgan fingerprint density at radius 2 is 1.72 bits per heavy atom. The van der Waals surface area contributed by atoms with Gasteiger partial charge in [0, 0.05) is 49.9 Å². The highest BCUT2D eigenvalue weighted by molar-refractivity contribution is 8.00. The van der Waals surface area contributed by atoms with Gasteiger partial charge in [0.15, 0.2) is 0 Å². The monoisotopic (exact) mass is 645 g/mol. The van der Waals surface area contributed by atoms with E-state index in [1.54, 1.807) is 18.7 Å². The molecule has 1 atom stereocenters. The molecule has 5 nitrogen and oxygen atoms in total. The molecule has 0 aliphatic heterocycles. The van der Waals surface area contributed by atoms with E-state index in [4.69, 9.17) is 4.74 Å². The predicted octanol–water partition coefficient (Wildman–Crippen LogP) is 9.52. The zero-order valence-corrected chi connectivity index (χ0v) is 27.5. The van der Waals surface area contributed by atoms with E-state index >= 15 is 0 Å². The molecule has 0 saturated carbocycles. The molecule has 5 aromatic rings. The number of nitrogens with one attached hydrogen (secondary N) is 1. The second-order valence-electron chi connectivity index (χ2n) is 12.3. The van der Waals surface area contributed by atoms with Crippen molar-refractivity contribution in [2.45, 2.75) is 75.6 Å². The summed E-state index contributed by atoms with van der Waals surface area (Å²) in [5.74, 6) is -0.907. The molecular formula is C37H38F3N3O2S. The molecule has 0 aliphatic carbocycles. The number of carbonyl (C=O) groups excluding carboxylic acids is 1. The van der Waals surface area contributed by atoms with Crippen molar-refractivity contribution >= 4 is 28.6 Å². The van der Waals surface area contributed by atoms with E-state index < -0.39 is 17.7 Å². The second kappa shape index (κ2) is 13.7. The summed E-state index contributed by atoms with van der Waals surface area (Å²) >= 11 is 1.74. The van der Waals surface area contributed by atoms with Gasteiger partial charge in [-0.1, -0.05) is 57.2 Å². The molecule has 9 heteroatoms. The van der Waals surface area contributed by atoms with Gasteiger partial charge in [-0.3, -0.25) is 14.8 Å². The third-order valence-electron chi connectivity index (χ3n) is 7.80. The van der Waals surface area contributed by atoms with E-state index in [1.807, 2.05) is 48.7 Å². The van der Waals surface area contributed by atoms with Crippen molar-refractivity contribution in [3.63, 3.8) is 0 Å². The molecule has 240 valence electrons. The van der Waals surface area contributed by atoms with Crippen LogP contribution in [0.3, 0.4) is 0 Å². The molecule has 1 N–H and O–H groups in total. The van der Waals surface area contributed by atoms with E-state index in [1.165, 1.54) is 17.2 Å². The number of pyridine rings is 2. The third-order valence-corrected chi connectivity index (χ3v) is 9.04. The minimum absolute atomic E-state index is 0.129. The maximum Gasteiger partial charge on any atom is 0.417 e. The van der Waals surface area contributed by atoms with E-state index in [2.05, 4.69) is 54.8 Å². The lowest BCUT2D eigenvalue weighted by atomic mass is 9.94. The molecule has 46 heavy (non-hydrogen) atoms. The number of rotatable bonds is 10. The smallest absolute Gasteiger partial charge is 0.417 e. The van der Waals surface area contributed by atoms with Crippen molar-refractivity contribution in [2.75, 3.05) is 6.61 Å². The average Bonchev–Trinajstić information content (AvgIpc) is 3.37. The fourth-order valence-corrected chi connectivity index (χ4v) is 6.83. The molecule has 0 radical (unpaired) electrons. The maximum atomic E-state index is 13.6. The maximum absolute atomic E-state index is 13.6. The zero-order valence-electron chi connectivity index (χ0n) is 26.7. The van der Waals surface area contributed by atoms with Gasteiger partial charge in [-0.25, -0.2) is 0 Å². The first-order valence-corrected chi connectivity index (χ1v) is 16.2. The molecule has 2 aromatic carbocycles. The molecular weight excluding hydrogens is 607 g/mol. The highest BCUT2D eigenvalue weighted by Gasteiger charge is 2.32. The highest BCUT2D eigenvalue weighted by atomic mass is 32.2. The van der Waals surface area contributed by atoms with Gasteiger partial charge in [-0.05, 0) is 80.1 Å². The van der Waals surface area contributed by atoms with Crippen molar-refractivity contribution in [1.82, 2.24) is 15.0 Å². The van der Waals surface area contributed by atoms with E-state index in [9.17, 15) is 18.0 Å². The van der Waals surface area contributed by atoms with Gasteiger partial charge >= 0.3 is 12.1 Å². The summed E-state index contributed by atoms with van der Waals surface area (Å²) in [6.45, 7) is 10.7. The number of thioether (sulfide) groups is 1. The van der Waals surface area contributed by atoms with Crippen LogP contribution in [0.4, 0.5) is 13.2 Å². The molecule has 0 bridgehead atoms. The lowest BCUT2D eigenvalue weighted by Gasteiger charge is -2.22. The summed E-state index contributed by atoms with van der Waals surface area (Å²) in [5.41, 5.74) is 6.49. The normalized spacial score (nSPS) is 12.8. The first kappa shape index (κ1) is 33.3. The van der Waals surface area contributed by atoms with Gasteiger partial charge in [0.05, 0.1) is 17.9 Å². The molecule has 0 aliphatic rings. The standard InChI is InChI=1S/C37H38F3N3O2S/c1-6-45-35(44)29(21-24-10-12-26(13-11-24)30-19-16-27(22-42-30)37(38,39)40)33-34(46-36(3,4)5)32-23(2)25(15-18-31(32)43-33)14-17-28-9-7-8-20-41-28/h7-13,15-16,18-20,22,29,43H,6,14,17,21H2,1-5H3. The SMILES string of the molecule is CCOC(=O)C(Cc1ccc(-c2ccc(C(F)(F)F)cn2)cc1)c1[nH]c2ccc(CCc3ccccn3)c(C)c2c1SC(C)(C)C. The van der Waals surface area contributed by atoms with Crippen LogP contribution in [0.5, 0.6) is 0 Å². The van der Waals surface area contributed by atoms with Gasteiger partial charge in [-0.15, -0.1) is 11.8 Å². The van der Waals surface area contributed by atoms with Crippen LogP contribution < -0.4 is 0 Å². The quantitative estimate of drug-likeness (QED) is 0.121. The van der Waals surface area contributed by atoms with Crippen LogP contribution in [0.25, 0.3) is 22.2 Å². The Hall–Kier alpha value is -4.11. The van der Waals surface area contributed by atoms with Crippen LogP contribution in [0.2, 0.25) is 0 Å². The number of hydrogen-bond acceptors (Lipinski definition) is 5. The van der Waals surface area contributed by atoms with Gasteiger partial charge < -0.3 is 9.72 Å². The molecule has 0 amide bonds. The summed E-state index contributed by atoms with van der Waals surface area (Å²) in [6.07, 6.45) is 0.280. The van der Waals surface area contributed by atoms with Crippen LogP contribution in [0.1, 0.15) is 67.3 Å². The number of aromatic nitrogens is 3. The Balaban J connectivity index is 1.50. The molecule has 0 spiro atoms. The summed E-state index contributed by atoms with van der Waals surface area (Å²) in [6, 6.07) is 20.0. The average molecular weight is 646 g/mol. The molecule has 5 rings (SSSR count). The number of nitrogens with zero attached hydrogens (tertiary/aromatic N) is 2. The molecule has 0 fully saturated rings. The van der Waals surface area contributed by atoms with E-state index in [0.717, 1.165) is 57.9 Å². The summed E-state index contributed by atoms with van der Waals surface area (Å²) in [7, 11) is 0. The topological polar surface area (TPSA) is 67.9 Å².